The first-order chi connectivity index (χ1) is 12.6. The molecule has 0 bridgehead atoms. The fourth-order valence-electron chi connectivity index (χ4n) is 2.28. The van der Waals surface area contributed by atoms with Crippen LogP contribution in [0, 0.1) is 17.0 Å². The van der Waals surface area contributed by atoms with Crippen LogP contribution in [0.5, 0.6) is 0 Å². The molecule has 0 unspecified atom stereocenters. The minimum absolute atomic E-state index is 0.0758. The molecule has 0 spiro atoms. The molecule has 0 amide bonds. The van der Waals surface area contributed by atoms with Gasteiger partial charge in [-0.15, -0.1) is 11.3 Å². The molecule has 9 heteroatoms. The van der Waals surface area contributed by atoms with Crippen LogP contribution in [0.1, 0.15) is 16.8 Å². The number of thiazole rings is 1. The van der Waals surface area contributed by atoms with Crippen LogP contribution in [0.25, 0.3) is 0 Å². The molecule has 0 saturated carbocycles. The van der Waals surface area contributed by atoms with E-state index >= 15 is 0 Å². The summed E-state index contributed by atoms with van der Waals surface area (Å²) in [6, 6.07) is 6.62. The molecular weight excluding hydrogens is 352 g/mol. The van der Waals surface area contributed by atoms with Crippen molar-refractivity contribution in [3.05, 3.63) is 50.5 Å². The molecule has 0 aliphatic rings. The molecule has 140 valence electrons. The Morgan fingerprint density at radius 3 is 2.81 bits per heavy atom. The number of rotatable bonds is 9. The number of guanidine groups is 1. The van der Waals surface area contributed by atoms with Crippen LogP contribution in [0.4, 0.5) is 11.4 Å². The molecule has 0 aliphatic carbocycles. The van der Waals surface area contributed by atoms with Crippen LogP contribution in [0.15, 0.2) is 35.5 Å². The lowest BCUT2D eigenvalue weighted by molar-refractivity contribution is -0.384. The van der Waals surface area contributed by atoms with Crippen molar-refractivity contribution in [3.63, 3.8) is 0 Å². The van der Waals surface area contributed by atoms with Crippen LogP contribution < -0.4 is 16.0 Å². The van der Waals surface area contributed by atoms with E-state index in [4.69, 9.17) is 0 Å². The van der Waals surface area contributed by atoms with Gasteiger partial charge in [0.1, 0.15) is 5.69 Å². The van der Waals surface area contributed by atoms with Crippen LogP contribution in [-0.2, 0) is 6.42 Å². The third-order valence-electron chi connectivity index (χ3n) is 3.44. The lowest BCUT2D eigenvalue weighted by atomic mass is 10.2. The van der Waals surface area contributed by atoms with Crippen molar-refractivity contribution >= 4 is 28.7 Å². The third kappa shape index (κ3) is 6.32. The Bertz CT molecular complexity index is 746. The molecule has 8 nitrogen and oxygen atoms in total. The summed E-state index contributed by atoms with van der Waals surface area (Å²) < 4.78 is 0. The van der Waals surface area contributed by atoms with E-state index in [1.807, 2.05) is 20.0 Å². The highest BCUT2D eigenvalue weighted by Gasteiger charge is 2.11. The van der Waals surface area contributed by atoms with Crippen LogP contribution >= 0.6 is 11.3 Å². The largest absolute Gasteiger partial charge is 0.378 e. The van der Waals surface area contributed by atoms with Crippen molar-refractivity contribution in [1.82, 2.24) is 15.6 Å². The van der Waals surface area contributed by atoms with Crippen molar-refractivity contribution in [2.45, 2.75) is 20.3 Å². The van der Waals surface area contributed by atoms with Gasteiger partial charge < -0.3 is 16.0 Å². The smallest absolute Gasteiger partial charge is 0.292 e. The summed E-state index contributed by atoms with van der Waals surface area (Å²) in [4.78, 5) is 20.7. The molecule has 2 aromatic rings. The zero-order valence-electron chi connectivity index (χ0n) is 15.0. The Labute approximate surface area is 156 Å². The summed E-state index contributed by atoms with van der Waals surface area (Å²) in [7, 11) is 0. The molecule has 1 heterocycles. The predicted molar refractivity (Wildman–Crippen MR) is 106 cm³/mol. The van der Waals surface area contributed by atoms with E-state index in [2.05, 4.69) is 25.9 Å². The fourth-order valence-corrected chi connectivity index (χ4v) is 3.06. The SMILES string of the molecule is CCNC(=NCCc1ncc(C)s1)NCCNc1ccccc1[N+](=O)[O-]. The number of benzene rings is 1. The van der Waals surface area contributed by atoms with E-state index in [-0.39, 0.29) is 10.6 Å². The maximum Gasteiger partial charge on any atom is 0.292 e. The molecule has 0 radical (unpaired) electrons. The topological polar surface area (TPSA) is 104 Å². The van der Waals surface area contributed by atoms with Gasteiger partial charge in [0.15, 0.2) is 5.96 Å². The van der Waals surface area contributed by atoms with E-state index in [1.54, 1.807) is 29.5 Å². The summed E-state index contributed by atoms with van der Waals surface area (Å²) in [6.45, 7) is 6.60. The summed E-state index contributed by atoms with van der Waals surface area (Å²) in [5.41, 5.74) is 0.590. The number of para-hydroxylation sites is 2. The molecule has 0 aliphatic heterocycles. The van der Waals surface area contributed by atoms with Crippen LogP contribution in [0.3, 0.4) is 0 Å². The minimum Gasteiger partial charge on any atom is -0.378 e. The number of aliphatic imine (C=N–C) groups is 1. The van der Waals surface area contributed by atoms with Gasteiger partial charge in [-0.2, -0.15) is 0 Å². The van der Waals surface area contributed by atoms with Gasteiger partial charge in [-0.05, 0) is 19.9 Å². The zero-order chi connectivity index (χ0) is 18.8. The zero-order valence-corrected chi connectivity index (χ0v) is 15.8. The van der Waals surface area contributed by atoms with Gasteiger partial charge in [-0.3, -0.25) is 15.1 Å². The van der Waals surface area contributed by atoms with Gasteiger partial charge in [0.2, 0.25) is 0 Å². The van der Waals surface area contributed by atoms with Gasteiger partial charge in [0.05, 0.1) is 9.93 Å². The molecule has 0 atom stereocenters. The Morgan fingerprint density at radius 1 is 1.31 bits per heavy atom. The molecular formula is C17H24N6O2S. The Morgan fingerprint density at radius 2 is 2.12 bits per heavy atom. The lowest BCUT2D eigenvalue weighted by Gasteiger charge is -2.12. The van der Waals surface area contributed by atoms with Crippen LogP contribution in [-0.4, -0.2) is 42.0 Å². The number of nitro benzene ring substituents is 1. The molecule has 1 aromatic carbocycles. The number of hydrogen-bond donors (Lipinski definition) is 3. The highest BCUT2D eigenvalue weighted by Crippen LogP contribution is 2.22. The lowest BCUT2D eigenvalue weighted by Crippen LogP contribution is -2.39. The number of aryl methyl sites for hydroxylation is 1. The maximum absolute atomic E-state index is 11.0. The van der Waals surface area contributed by atoms with Gasteiger partial charge in [0, 0.05) is 49.7 Å². The minimum atomic E-state index is -0.387. The summed E-state index contributed by atoms with van der Waals surface area (Å²) >= 11 is 1.69. The van der Waals surface area contributed by atoms with Gasteiger partial charge in [-0.25, -0.2) is 4.98 Å². The van der Waals surface area contributed by atoms with E-state index < -0.39 is 0 Å². The highest BCUT2D eigenvalue weighted by atomic mass is 32.1. The number of nitro groups is 1. The fraction of sp³-hybridized carbons (Fsp3) is 0.412. The monoisotopic (exact) mass is 376 g/mol. The average molecular weight is 376 g/mol. The highest BCUT2D eigenvalue weighted by molar-refractivity contribution is 7.11. The standard InChI is InChI=1S/C17H24N6O2S/c1-3-18-17(20-9-8-16-22-12-13(2)26-16)21-11-10-19-14-6-4-5-7-15(14)23(24)25/h4-7,12,19H,3,8-11H2,1-2H3,(H2,18,20,21). The first kappa shape index (κ1) is 19.6. The van der Waals surface area contributed by atoms with E-state index in [1.165, 1.54) is 10.9 Å². The molecule has 3 N–H and O–H groups in total. The quantitative estimate of drug-likeness (QED) is 0.204. The van der Waals surface area contributed by atoms with E-state index in [9.17, 15) is 10.1 Å². The molecule has 0 fully saturated rings. The number of nitrogens with one attached hydrogen (secondary N) is 3. The molecule has 2 rings (SSSR count). The Kier molecular flexibility index (Phi) is 7.81. The van der Waals surface area contributed by atoms with Crippen molar-refractivity contribution in [1.29, 1.82) is 0 Å². The average Bonchev–Trinajstić information content (AvgIpc) is 3.04. The normalized spacial score (nSPS) is 11.2. The number of hydrogen-bond acceptors (Lipinski definition) is 6. The van der Waals surface area contributed by atoms with E-state index in [0.717, 1.165) is 23.9 Å². The first-order valence-electron chi connectivity index (χ1n) is 8.51. The number of aromatic nitrogens is 1. The molecule has 26 heavy (non-hydrogen) atoms. The Balaban J connectivity index is 1.79. The second-order valence-corrected chi connectivity index (χ2v) is 6.82. The Hall–Kier alpha value is -2.68. The maximum atomic E-state index is 11.0. The van der Waals surface area contributed by atoms with Crippen molar-refractivity contribution in [3.8, 4) is 0 Å². The van der Waals surface area contributed by atoms with Gasteiger partial charge >= 0.3 is 0 Å². The van der Waals surface area contributed by atoms with E-state index in [0.29, 0.717) is 25.3 Å². The van der Waals surface area contributed by atoms with Gasteiger partial charge in [-0.1, -0.05) is 12.1 Å². The van der Waals surface area contributed by atoms with Crippen molar-refractivity contribution in [2.75, 3.05) is 31.5 Å². The molecule has 1 aromatic heterocycles. The third-order valence-corrected chi connectivity index (χ3v) is 4.42. The predicted octanol–water partition coefficient (Wildman–Crippen LogP) is 2.57. The summed E-state index contributed by atoms with van der Waals surface area (Å²) in [5.74, 6) is 0.727. The number of nitrogens with zero attached hydrogens (tertiary/aromatic N) is 3. The second-order valence-electron chi connectivity index (χ2n) is 5.50. The number of anilines is 1. The van der Waals surface area contributed by atoms with Gasteiger partial charge in [0.25, 0.3) is 5.69 Å². The first-order valence-corrected chi connectivity index (χ1v) is 9.32. The van der Waals surface area contributed by atoms with Crippen LogP contribution in [0.2, 0.25) is 0 Å². The summed E-state index contributed by atoms with van der Waals surface area (Å²) in [5, 5.41) is 21.6. The van der Waals surface area contributed by atoms with Crippen molar-refractivity contribution < 1.29 is 4.92 Å². The summed E-state index contributed by atoms with van der Waals surface area (Å²) in [6.07, 6.45) is 2.69. The second kappa shape index (κ2) is 10.3. The van der Waals surface area contributed by atoms with Crippen molar-refractivity contribution in [2.24, 2.45) is 4.99 Å². The molecule has 0 saturated heterocycles.